The molecule has 1 aromatic heterocycles. The molecule has 0 aromatic carbocycles. The summed E-state index contributed by atoms with van der Waals surface area (Å²) in [5, 5.41) is 9.86. The first-order chi connectivity index (χ1) is 8.19. The van der Waals surface area contributed by atoms with Gasteiger partial charge in [0.2, 0.25) is 0 Å². The van der Waals surface area contributed by atoms with E-state index >= 15 is 0 Å². The van der Waals surface area contributed by atoms with Crippen LogP contribution in [-0.4, -0.2) is 21.9 Å². The first-order valence-corrected chi connectivity index (χ1v) is 5.99. The van der Waals surface area contributed by atoms with Gasteiger partial charge in [-0.05, 0) is 12.8 Å². The van der Waals surface area contributed by atoms with Crippen LogP contribution in [0.1, 0.15) is 31.2 Å². The normalized spacial score (nSPS) is 16.1. The van der Waals surface area contributed by atoms with E-state index in [2.05, 4.69) is 15.7 Å². The summed E-state index contributed by atoms with van der Waals surface area (Å²) >= 11 is 0. The zero-order valence-corrected chi connectivity index (χ0v) is 10.1. The fourth-order valence-corrected chi connectivity index (χ4v) is 2.19. The van der Waals surface area contributed by atoms with E-state index in [4.69, 9.17) is 5.73 Å². The van der Waals surface area contributed by atoms with Crippen molar-refractivity contribution in [2.75, 3.05) is 5.32 Å². The molecule has 1 saturated carbocycles. The van der Waals surface area contributed by atoms with Crippen LogP contribution in [0.2, 0.25) is 0 Å². The number of aromatic nitrogens is 2. The molecular formula is C11H19N5O. The Morgan fingerprint density at radius 2 is 2.29 bits per heavy atom. The van der Waals surface area contributed by atoms with Gasteiger partial charge < -0.3 is 11.1 Å². The van der Waals surface area contributed by atoms with Gasteiger partial charge in [-0.2, -0.15) is 5.10 Å². The Kier molecular flexibility index (Phi) is 3.63. The zero-order valence-electron chi connectivity index (χ0n) is 10.1. The van der Waals surface area contributed by atoms with Crippen molar-refractivity contribution in [2.24, 2.45) is 12.8 Å². The molecule has 2 amide bonds. The van der Waals surface area contributed by atoms with Crippen LogP contribution < -0.4 is 16.4 Å². The predicted molar refractivity (Wildman–Crippen MR) is 65.5 cm³/mol. The second-order valence-electron chi connectivity index (χ2n) is 4.46. The summed E-state index contributed by atoms with van der Waals surface area (Å²) in [6.45, 7) is 0.368. The summed E-state index contributed by atoms with van der Waals surface area (Å²) in [5.74, 6) is 0.547. The molecule has 1 aromatic rings. The lowest BCUT2D eigenvalue weighted by Crippen LogP contribution is -2.36. The lowest BCUT2D eigenvalue weighted by Gasteiger charge is -2.12. The molecule has 1 aliphatic rings. The van der Waals surface area contributed by atoms with Crippen molar-refractivity contribution in [1.82, 2.24) is 15.1 Å². The maximum absolute atomic E-state index is 11.7. The van der Waals surface area contributed by atoms with E-state index in [-0.39, 0.29) is 6.03 Å². The highest BCUT2D eigenvalue weighted by molar-refractivity contribution is 5.89. The standard InChI is InChI=1S/C11H19N5O/c1-16-7-8(6-12)10(15-16)14-11(17)13-9-4-2-3-5-9/h7,9H,2-6,12H2,1H3,(H2,13,14,15,17). The van der Waals surface area contributed by atoms with Gasteiger partial charge in [0.25, 0.3) is 0 Å². The molecule has 0 bridgehead atoms. The Morgan fingerprint density at radius 1 is 1.59 bits per heavy atom. The van der Waals surface area contributed by atoms with Gasteiger partial charge in [0.1, 0.15) is 0 Å². The van der Waals surface area contributed by atoms with Gasteiger partial charge in [0.15, 0.2) is 5.82 Å². The van der Waals surface area contributed by atoms with Gasteiger partial charge in [-0.15, -0.1) is 0 Å². The van der Waals surface area contributed by atoms with Crippen LogP contribution in [0, 0.1) is 0 Å². The predicted octanol–water partition coefficient (Wildman–Crippen LogP) is 0.943. The largest absolute Gasteiger partial charge is 0.335 e. The number of amides is 2. The summed E-state index contributed by atoms with van der Waals surface area (Å²) in [5.41, 5.74) is 6.42. The molecule has 6 heteroatoms. The van der Waals surface area contributed by atoms with Crippen LogP contribution in [0.5, 0.6) is 0 Å². The van der Waals surface area contributed by atoms with E-state index in [1.54, 1.807) is 11.7 Å². The molecule has 6 nitrogen and oxygen atoms in total. The average Bonchev–Trinajstić information content (AvgIpc) is 2.88. The van der Waals surface area contributed by atoms with Crippen molar-refractivity contribution in [2.45, 2.75) is 38.3 Å². The van der Waals surface area contributed by atoms with Crippen molar-refractivity contribution >= 4 is 11.8 Å². The Hall–Kier alpha value is -1.56. The third kappa shape index (κ3) is 2.97. The van der Waals surface area contributed by atoms with Gasteiger partial charge in [-0.1, -0.05) is 12.8 Å². The number of hydrogen-bond acceptors (Lipinski definition) is 3. The maximum Gasteiger partial charge on any atom is 0.320 e. The topological polar surface area (TPSA) is 85.0 Å². The summed E-state index contributed by atoms with van der Waals surface area (Å²) in [7, 11) is 1.80. The number of carbonyl (C=O) groups is 1. The number of nitrogens with two attached hydrogens (primary N) is 1. The van der Waals surface area contributed by atoms with Crippen molar-refractivity contribution in [1.29, 1.82) is 0 Å². The van der Waals surface area contributed by atoms with E-state index in [0.29, 0.717) is 18.4 Å². The first kappa shape index (κ1) is 11.9. The lowest BCUT2D eigenvalue weighted by molar-refractivity contribution is 0.248. The van der Waals surface area contributed by atoms with E-state index in [1.165, 1.54) is 12.8 Å². The van der Waals surface area contributed by atoms with E-state index in [0.717, 1.165) is 18.4 Å². The third-order valence-corrected chi connectivity index (χ3v) is 3.05. The molecule has 0 radical (unpaired) electrons. The number of anilines is 1. The van der Waals surface area contributed by atoms with Gasteiger partial charge >= 0.3 is 6.03 Å². The van der Waals surface area contributed by atoms with Crippen molar-refractivity contribution in [3.63, 3.8) is 0 Å². The smallest absolute Gasteiger partial charge is 0.320 e. The fourth-order valence-electron chi connectivity index (χ4n) is 2.19. The minimum absolute atomic E-state index is 0.190. The molecule has 0 unspecified atom stereocenters. The molecule has 17 heavy (non-hydrogen) atoms. The molecule has 4 N–H and O–H groups in total. The van der Waals surface area contributed by atoms with Crippen LogP contribution in [0.25, 0.3) is 0 Å². The summed E-state index contributed by atoms with van der Waals surface area (Å²) in [6.07, 6.45) is 6.34. The molecule has 0 atom stereocenters. The number of nitrogens with zero attached hydrogens (tertiary/aromatic N) is 2. The Labute approximate surface area is 101 Å². The molecule has 1 aliphatic carbocycles. The molecule has 2 rings (SSSR count). The number of rotatable bonds is 3. The Bertz CT molecular complexity index is 395. The van der Waals surface area contributed by atoms with Crippen molar-refractivity contribution in [3.05, 3.63) is 11.8 Å². The van der Waals surface area contributed by atoms with Crippen LogP contribution >= 0.6 is 0 Å². The summed E-state index contributed by atoms with van der Waals surface area (Å²) in [4.78, 5) is 11.7. The molecule has 1 fully saturated rings. The maximum atomic E-state index is 11.7. The van der Waals surface area contributed by atoms with Crippen LogP contribution in [0.3, 0.4) is 0 Å². The van der Waals surface area contributed by atoms with Crippen molar-refractivity contribution in [3.8, 4) is 0 Å². The number of nitrogens with one attached hydrogen (secondary N) is 2. The average molecular weight is 237 g/mol. The minimum Gasteiger partial charge on any atom is -0.335 e. The lowest BCUT2D eigenvalue weighted by atomic mass is 10.2. The molecule has 1 heterocycles. The minimum atomic E-state index is -0.190. The summed E-state index contributed by atoms with van der Waals surface area (Å²) < 4.78 is 1.65. The second kappa shape index (κ2) is 5.18. The monoisotopic (exact) mass is 237 g/mol. The van der Waals surface area contributed by atoms with Gasteiger partial charge in [0.05, 0.1) is 0 Å². The van der Waals surface area contributed by atoms with Gasteiger partial charge in [-0.25, -0.2) is 4.79 Å². The second-order valence-corrected chi connectivity index (χ2v) is 4.46. The molecule has 94 valence electrons. The van der Waals surface area contributed by atoms with E-state index in [1.807, 2.05) is 6.20 Å². The molecular weight excluding hydrogens is 218 g/mol. The first-order valence-electron chi connectivity index (χ1n) is 5.99. The number of hydrogen-bond donors (Lipinski definition) is 3. The number of carbonyl (C=O) groups excluding carboxylic acids is 1. The number of aryl methyl sites for hydroxylation is 1. The third-order valence-electron chi connectivity index (χ3n) is 3.05. The highest BCUT2D eigenvalue weighted by Crippen LogP contribution is 2.18. The van der Waals surface area contributed by atoms with Crippen molar-refractivity contribution < 1.29 is 4.79 Å². The highest BCUT2D eigenvalue weighted by Gasteiger charge is 2.18. The van der Waals surface area contributed by atoms with Crippen LogP contribution in [-0.2, 0) is 13.6 Å². The van der Waals surface area contributed by atoms with E-state index in [9.17, 15) is 4.79 Å². The quantitative estimate of drug-likeness (QED) is 0.731. The highest BCUT2D eigenvalue weighted by atomic mass is 16.2. The van der Waals surface area contributed by atoms with Crippen LogP contribution in [0.4, 0.5) is 10.6 Å². The zero-order chi connectivity index (χ0) is 12.3. The number of urea groups is 1. The molecule has 0 aliphatic heterocycles. The van der Waals surface area contributed by atoms with E-state index < -0.39 is 0 Å². The van der Waals surface area contributed by atoms with Gasteiger partial charge in [0, 0.05) is 31.4 Å². The van der Waals surface area contributed by atoms with Crippen LogP contribution in [0.15, 0.2) is 6.20 Å². The molecule has 0 spiro atoms. The Morgan fingerprint density at radius 3 is 2.94 bits per heavy atom. The fraction of sp³-hybridized carbons (Fsp3) is 0.636. The summed E-state index contributed by atoms with van der Waals surface area (Å²) in [6, 6.07) is 0.116. The van der Waals surface area contributed by atoms with Gasteiger partial charge in [-0.3, -0.25) is 10.00 Å². The molecule has 0 saturated heterocycles. The Balaban J connectivity index is 1.92. The SMILES string of the molecule is Cn1cc(CN)c(NC(=O)NC2CCCC2)n1.